The summed E-state index contributed by atoms with van der Waals surface area (Å²) in [6.45, 7) is 6.73. The normalized spacial score (nSPS) is 12.1. The molecule has 0 saturated heterocycles. The number of rotatable bonds is 13. The number of Topliss-reactive ketones (excluding diaryl/α,β-unsaturated/α-hetero) is 1. The van der Waals surface area contributed by atoms with Gasteiger partial charge in [0, 0.05) is 29.9 Å². The van der Waals surface area contributed by atoms with Crippen LogP contribution < -0.4 is 0 Å². The van der Waals surface area contributed by atoms with Crippen LogP contribution in [0.4, 0.5) is 0 Å². The van der Waals surface area contributed by atoms with Gasteiger partial charge in [-0.3, -0.25) is 4.79 Å². The highest BCUT2D eigenvalue weighted by Crippen LogP contribution is 2.18. The van der Waals surface area contributed by atoms with E-state index in [2.05, 4.69) is 30.7 Å². The Balaban J connectivity index is 1.83. The maximum Gasteiger partial charge on any atom is 0.162 e. The Morgan fingerprint density at radius 2 is 1.64 bits per heavy atom. The van der Waals surface area contributed by atoms with Crippen LogP contribution >= 0.6 is 0 Å². The van der Waals surface area contributed by atoms with Gasteiger partial charge in [0.25, 0.3) is 0 Å². The first kappa shape index (κ1) is 22.3. The quantitative estimate of drug-likeness (QED) is 0.276. The lowest BCUT2D eigenvalue weighted by Gasteiger charge is -2.07. The van der Waals surface area contributed by atoms with Gasteiger partial charge >= 0.3 is 0 Å². The van der Waals surface area contributed by atoms with E-state index in [9.17, 15) is 4.79 Å². The molecule has 1 atom stereocenters. The third kappa shape index (κ3) is 7.53. The van der Waals surface area contributed by atoms with Crippen molar-refractivity contribution in [1.29, 1.82) is 0 Å². The fraction of sp³-hybridized carbons (Fsp3) is 0.560. The summed E-state index contributed by atoms with van der Waals surface area (Å²) in [7, 11) is 0. The number of hydrogen-bond acceptors (Lipinski definition) is 3. The summed E-state index contributed by atoms with van der Waals surface area (Å²) in [6, 6.07) is 7.74. The van der Waals surface area contributed by atoms with Crippen molar-refractivity contribution in [3.63, 3.8) is 0 Å². The Labute approximate surface area is 171 Å². The summed E-state index contributed by atoms with van der Waals surface area (Å²) in [5.41, 5.74) is 2.95. The SMILES string of the molecule is CCCCCCc1cnc(-c2ccc(C(=O)CCCCC(C)CC)cc2)nc1. The molecular weight excluding hydrogens is 344 g/mol. The molecule has 0 aliphatic heterocycles. The van der Waals surface area contributed by atoms with Gasteiger partial charge in [0.2, 0.25) is 0 Å². The molecular formula is C25H36N2O. The highest BCUT2D eigenvalue weighted by atomic mass is 16.1. The minimum atomic E-state index is 0.235. The molecule has 3 nitrogen and oxygen atoms in total. The third-order valence-corrected chi connectivity index (χ3v) is 5.54. The fourth-order valence-corrected chi connectivity index (χ4v) is 3.32. The van der Waals surface area contributed by atoms with Gasteiger partial charge in [0.15, 0.2) is 11.6 Å². The van der Waals surface area contributed by atoms with Gasteiger partial charge in [-0.25, -0.2) is 9.97 Å². The molecule has 1 aromatic carbocycles. The molecule has 0 bridgehead atoms. The fourth-order valence-electron chi connectivity index (χ4n) is 3.32. The number of ketones is 1. The molecule has 152 valence electrons. The molecule has 0 radical (unpaired) electrons. The number of unbranched alkanes of at least 4 members (excludes halogenated alkanes) is 4. The summed E-state index contributed by atoms with van der Waals surface area (Å²) in [5, 5.41) is 0. The van der Waals surface area contributed by atoms with Crippen LogP contribution in [0.15, 0.2) is 36.7 Å². The van der Waals surface area contributed by atoms with Crippen LogP contribution in [0.5, 0.6) is 0 Å². The zero-order chi connectivity index (χ0) is 20.2. The largest absolute Gasteiger partial charge is 0.294 e. The van der Waals surface area contributed by atoms with Crippen LogP contribution in [-0.2, 0) is 6.42 Å². The number of carbonyl (C=O) groups excluding carboxylic acids is 1. The summed E-state index contributed by atoms with van der Waals surface area (Å²) in [5.74, 6) is 1.72. The number of aromatic nitrogens is 2. The Bertz CT molecular complexity index is 691. The number of carbonyl (C=O) groups is 1. The maximum absolute atomic E-state index is 12.4. The van der Waals surface area contributed by atoms with Crippen molar-refractivity contribution in [1.82, 2.24) is 9.97 Å². The molecule has 3 heteroatoms. The highest BCUT2D eigenvalue weighted by Gasteiger charge is 2.08. The van der Waals surface area contributed by atoms with Crippen LogP contribution in [0.3, 0.4) is 0 Å². The lowest BCUT2D eigenvalue weighted by molar-refractivity contribution is 0.0978. The van der Waals surface area contributed by atoms with Gasteiger partial charge in [-0.1, -0.05) is 83.6 Å². The maximum atomic E-state index is 12.4. The van der Waals surface area contributed by atoms with Crippen LogP contribution in [0.2, 0.25) is 0 Å². The molecule has 0 saturated carbocycles. The van der Waals surface area contributed by atoms with E-state index in [0.29, 0.717) is 6.42 Å². The lowest BCUT2D eigenvalue weighted by atomic mass is 9.98. The zero-order valence-electron chi connectivity index (χ0n) is 17.9. The average Bonchev–Trinajstić information content (AvgIpc) is 2.74. The summed E-state index contributed by atoms with van der Waals surface area (Å²) in [6.07, 6.45) is 15.1. The molecule has 1 aromatic heterocycles. The molecule has 0 N–H and O–H groups in total. The van der Waals surface area contributed by atoms with E-state index >= 15 is 0 Å². The second kappa shape index (κ2) is 12.4. The Morgan fingerprint density at radius 3 is 2.29 bits per heavy atom. The first-order chi connectivity index (χ1) is 13.6. The van der Waals surface area contributed by atoms with Gasteiger partial charge in [-0.05, 0) is 30.7 Å². The summed E-state index contributed by atoms with van der Waals surface area (Å²) in [4.78, 5) is 21.4. The Hall–Kier alpha value is -2.03. The smallest absolute Gasteiger partial charge is 0.162 e. The molecule has 0 fully saturated rings. The van der Waals surface area contributed by atoms with E-state index in [-0.39, 0.29) is 5.78 Å². The predicted octanol–water partition coefficient (Wildman–Crippen LogP) is 7.06. The van der Waals surface area contributed by atoms with E-state index in [1.807, 2.05) is 36.7 Å². The standard InChI is InChI=1S/C25H36N2O/c1-4-6-7-8-12-21-18-26-25(27-19-21)23-16-14-22(15-17-23)24(28)13-10-9-11-20(3)5-2/h14-20H,4-13H2,1-3H3. The molecule has 2 aromatic rings. The molecule has 28 heavy (non-hydrogen) atoms. The van der Waals surface area contributed by atoms with E-state index in [1.54, 1.807) is 0 Å². The molecule has 0 spiro atoms. The second-order valence-corrected chi connectivity index (χ2v) is 7.99. The van der Waals surface area contributed by atoms with Gasteiger partial charge in [-0.15, -0.1) is 0 Å². The molecule has 0 amide bonds. The van der Waals surface area contributed by atoms with E-state index in [0.717, 1.165) is 42.1 Å². The second-order valence-electron chi connectivity index (χ2n) is 7.99. The third-order valence-electron chi connectivity index (χ3n) is 5.54. The molecule has 0 aliphatic rings. The average molecular weight is 381 g/mol. The first-order valence-corrected chi connectivity index (χ1v) is 11.1. The van der Waals surface area contributed by atoms with Crippen molar-refractivity contribution in [3.05, 3.63) is 47.8 Å². The Kier molecular flexibility index (Phi) is 9.88. The predicted molar refractivity (Wildman–Crippen MR) is 118 cm³/mol. The number of nitrogens with zero attached hydrogens (tertiary/aromatic N) is 2. The van der Waals surface area contributed by atoms with E-state index in [1.165, 1.54) is 44.1 Å². The van der Waals surface area contributed by atoms with Crippen molar-refractivity contribution < 1.29 is 4.79 Å². The van der Waals surface area contributed by atoms with Crippen molar-refractivity contribution in [3.8, 4) is 11.4 Å². The van der Waals surface area contributed by atoms with Gasteiger partial charge in [0.05, 0.1) is 0 Å². The monoisotopic (exact) mass is 380 g/mol. The van der Waals surface area contributed by atoms with E-state index < -0.39 is 0 Å². The lowest BCUT2D eigenvalue weighted by Crippen LogP contribution is -2.00. The van der Waals surface area contributed by atoms with Crippen molar-refractivity contribution in [2.45, 2.75) is 85.0 Å². The Morgan fingerprint density at radius 1 is 0.929 bits per heavy atom. The highest BCUT2D eigenvalue weighted by molar-refractivity contribution is 5.96. The van der Waals surface area contributed by atoms with Crippen LogP contribution in [-0.4, -0.2) is 15.8 Å². The van der Waals surface area contributed by atoms with E-state index in [4.69, 9.17) is 0 Å². The molecule has 2 rings (SSSR count). The minimum Gasteiger partial charge on any atom is -0.294 e. The van der Waals surface area contributed by atoms with Crippen molar-refractivity contribution in [2.75, 3.05) is 0 Å². The van der Waals surface area contributed by atoms with Crippen molar-refractivity contribution >= 4 is 5.78 Å². The number of aryl methyl sites for hydroxylation is 1. The van der Waals surface area contributed by atoms with Crippen LogP contribution in [0.25, 0.3) is 11.4 Å². The zero-order valence-corrected chi connectivity index (χ0v) is 17.9. The van der Waals surface area contributed by atoms with Crippen molar-refractivity contribution in [2.24, 2.45) is 5.92 Å². The van der Waals surface area contributed by atoms with Gasteiger partial charge in [0.1, 0.15) is 0 Å². The summed E-state index contributed by atoms with van der Waals surface area (Å²) >= 11 is 0. The van der Waals surface area contributed by atoms with Gasteiger partial charge < -0.3 is 0 Å². The first-order valence-electron chi connectivity index (χ1n) is 11.1. The topological polar surface area (TPSA) is 42.9 Å². The van der Waals surface area contributed by atoms with Crippen LogP contribution in [0, 0.1) is 5.92 Å². The molecule has 1 heterocycles. The summed E-state index contributed by atoms with van der Waals surface area (Å²) < 4.78 is 0. The van der Waals surface area contributed by atoms with Gasteiger partial charge in [-0.2, -0.15) is 0 Å². The molecule has 1 unspecified atom stereocenters. The van der Waals surface area contributed by atoms with Crippen LogP contribution in [0.1, 0.15) is 94.5 Å². The minimum absolute atomic E-state index is 0.235. The number of hydrogen-bond donors (Lipinski definition) is 0. The molecule has 0 aliphatic carbocycles. The number of benzene rings is 1.